The molecule has 118 valence electrons. The number of benzene rings is 1. The van der Waals surface area contributed by atoms with E-state index < -0.39 is 0 Å². The lowest BCUT2D eigenvalue weighted by Gasteiger charge is -2.31. The van der Waals surface area contributed by atoms with Gasteiger partial charge in [0.05, 0.1) is 5.69 Å². The smallest absolute Gasteiger partial charge is 0.154 e. The fourth-order valence-corrected chi connectivity index (χ4v) is 3.26. The first kappa shape index (κ1) is 14.2. The number of fused-ring (bicyclic) bond motifs is 1. The van der Waals surface area contributed by atoms with Crippen molar-refractivity contribution in [2.75, 3.05) is 18.0 Å². The maximum atomic E-state index is 6.02. The van der Waals surface area contributed by atoms with Crippen LogP contribution in [0.5, 0.6) is 0 Å². The molecule has 1 aromatic carbocycles. The Bertz CT molecular complexity index is 830. The predicted octanol–water partition coefficient (Wildman–Crippen LogP) is 2.63. The molecule has 23 heavy (non-hydrogen) atoms. The lowest BCUT2D eigenvalue weighted by atomic mass is 10.1. The van der Waals surface area contributed by atoms with E-state index in [2.05, 4.69) is 47.1 Å². The molecule has 4 rings (SSSR count). The minimum atomic E-state index is 0.318. The number of rotatable bonds is 2. The summed E-state index contributed by atoms with van der Waals surface area (Å²) < 4.78 is 1.93. The highest BCUT2D eigenvalue weighted by atomic mass is 15.3. The lowest BCUT2D eigenvalue weighted by molar-refractivity contribution is 0.499. The van der Waals surface area contributed by atoms with E-state index in [0.717, 1.165) is 43.0 Å². The van der Waals surface area contributed by atoms with Crippen molar-refractivity contribution in [1.82, 2.24) is 14.6 Å². The van der Waals surface area contributed by atoms with Crippen LogP contribution in [0.15, 0.2) is 42.7 Å². The van der Waals surface area contributed by atoms with E-state index in [1.165, 1.54) is 11.1 Å². The molecule has 0 bridgehead atoms. The van der Waals surface area contributed by atoms with Gasteiger partial charge >= 0.3 is 0 Å². The number of piperidine rings is 1. The molecule has 0 amide bonds. The Morgan fingerprint density at radius 3 is 2.74 bits per heavy atom. The van der Waals surface area contributed by atoms with Gasteiger partial charge in [-0.25, -0.2) is 9.50 Å². The highest BCUT2D eigenvalue weighted by Crippen LogP contribution is 2.28. The molecule has 0 saturated carbocycles. The van der Waals surface area contributed by atoms with Crippen molar-refractivity contribution < 1.29 is 0 Å². The first-order valence-corrected chi connectivity index (χ1v) is 8.13. The maximum Gasteiger partial charge on any atom is 0.154 e. The summed E-state index contributed by atoms with van der Waals surface area (Å²) in [5.74, 6) is 1.01. The van der Waals surface area contributed by atoms with E-state index in [-0.39, 0.29) is 0 Å². The lowest BCUT2D eigenvalue weighted by Crippen LogP contribution is -2.40. The Hall–Kier alpha value is -2.40. The SMILES string of the molecule is Cc1ccccc1-c1cc2c(N3CCC(N)CC3)nccn2n1. The molecule has 5 heteroatoms. The van der Waals surface area contributed by atoms with E-state index in [4.69, 9.17) is 10.8 Å². The van der Waals surface area contributed by atoms with Gasteiger partial charge in [0.15, 0.2) is 5.82 Å². The topological polar surface area (TPSA) is 59.5 Å². The number of hydrogen-bond donors (Lipinski definition) is 1. The summed E-state index contributed by atoms with van der Waals surface area (Å²) in [6, 6.07) is 10.8. The molecule has 3 heterocycles. The van der Waals surface area contributed by atoms with Crippen LogP contribution in [0.4, 0.5) is 5.82 Å². The van der Waals surface area contributed by atoms with Crippen LogP contribution in [-0.4, -0.2) is 33.7 Å². The molecule has 1 fully saturated rings. The molecule has 1 aliphatic rings. The molecule has 2 aromatic heterocycles. The van der Waals surface area contributed by atoms with Crippen LogP contribution < -0.4 is 10.6 Å². The predicted molar refractivity (Wildman–Crippen MR) is 92.6 cm³/mol. The van der Waals surface area contributed by atoms with Crippen LogP contribution >= 0.6 is 0 Å². The normalized spacial score (nSPS) is 16.2. The highest BCUT2D eigenvalue weighted by molar-refractivity contribution is 5.76. The van der Waals surface area contributed by atoms with Crippen molar-refractivity contribution in [3.05, 3.63) is 48.3 Å². The van der Waals surface area contributed by atoms with Gasteiger partial charge in [-0.15, -0.1) is 0 Å². The fraction of sp³-hybridized carbons (Fsp3) is 0.333. The van der Waals surface area contributed by atoms with E-state index in [1.807, 2.05) is 16.9 Å². The molecule has 5 nitrogen and oxygen atoms in total. The Morgan fingerprint density at radius 2 is 1.96 bits per heavy atom. The largest absolute Gasteiger partial charge is 0.355 e. The quantitative estimate of drug-likeness (QED) is 0.790. The van der Waals surface area contributed by atoms with Crippen molar-refractivity contribution in [2.24, 2.45) is 5.73 Å². The molecule has 3 aromatic rings. The zero-order valence-corrected chi connectivity index (χ0v) is 13.3. The molecule has 2 N–H and O–H groups in total. The molecule has 1 aliphatic heterocycles. The van der Waals surface area contributed by atoms with Crippen LogP contribution in [0.1, 0.15) is 18.4 Å². The van der Waals surface area contributed by atoms with Crippen LogP contribution in [-0.2, 0) is 0 Å². The number of nitrogens with two attached hydrogens (primary N) is 1. The molecule has 0 atom stereocenters. The van der Waals surface area contributed by atoms with Crippen LogP contribution in [0.25, 0.3) is 16.8 Å². The highest BCUT2D eigenvalue weighted by Gasteiger charge is 2.20. The van der Waals surface area contributed by atoms with Gasteiger partial charge in [0.25, 0.3) is 0 Å². The van der Waals surface area contributed by atoms with Crippen LogP contribution in [0, 0.1) is 6.92 Å². The third kappa shape index (κ3) is 2.57. The van der Waals surface area contributed by atoms with Gasteiger partial charge in [0.2, 0.25) is 0 Å². The Labute approximate surface area is 135 Å². The van der Waals surface area contributed by atoms with E-state index in [0.29, 0.717) is 6.04 Å². The minimum absolute atomic E-state index is 0.318. The molecule has 0 radical (unpaired) electrons. The Kier molecular flexibility index (Phi) is 3.50. The van der Waals surface area contributed by atoms with Gasteiger partial charge in [-0.2, -0.15) is 5.10 Å². The van der Waals surface area contributed by atoms with Crippen LogP contribution in [0.3, 0.4) is 0 Å². The summed E-state index contributed by atoms with van der Waals surface area (Å²) >= 11 is 0. The summed E-state index contributed by atoms with van der Waals surface area (Å²) in [7, 11) is 0. The molecular weight excluding hydrogens is 286 g/mol. The number of anilines is 1. The Balaban J connectivity index is 1.77. The third-order valence-corrected chi connectivity index (χ3v) is 4.63. The summed E-state index contributed by atoms with van der Waals surface area (Å²) in [5.41, 5.74) is 10.5. The average Bonchev–Trinajstić information content (AvgIpc) is 3.00. The standard InChI is InChI=1S/C18H21N5/c1-13-4-2-3-5-15(13)16-12-17-18(20-8-11-23(17)21-16)22-9-6-14(19)7-10-22/h2-5,8,11-12,14H,6-7,9-10,19H2,1H3. The van der Waals surface area contributed by atoms with Crippen molar-refractivity contribution >= 4 is 11.3 Å². The first-order valence-electron chi connectivity index (χ1n) is 8.13. The number of aromatic nitrogens is 3. The van der Waals surface area contributed by atoms with E-state index in [9.17, 15) is 0 Å². The van der Waals surface area contributed by atoms with E-state index >= 15 is 0 Å². The van der Waals surface area contributed by atoms with Crippen molar-refractivity contribution in [3.8, 4) is 11.3 Å². The van der Waals surface area contributed by atoms with Gasteiger partial charge in [-0.3, -0.25) is 0 Å². The second-order valence-electron chi connectivity index (χ2n) is 6.25. The number of hydrogen-bond acceptors (Lipinski definition) is 4. The summed E-state index contributed by atoms with van der Waals surface area (Å²) in [6.07, 6.45) is 5.77. The maximum absolute atomic E-state index is 6.02. The zero-order chi connectivity index (χ0) is 15.8. The van der Waals surface area contributed by atoms with Gasteiger partial charge in [0, 0.05) is 37.1 Å². The van der Waals surface area contributed by atoms with E-state index in [1.54, 1.807) is 0 Å². The van der Waals surface area contributed by atoms with Crippen molar-refractivity contribution in [2.45, 2.75) is 25.8 Å². The molecule has 0 unspecified atom stereocenters. The fourth-order valence-electron chi connectivity index (χ4n) is 3.26. The van der Waals surface area contributed by atoms with Gasteiger partial charge in [-0.05, 0) is 31.4 Å². The summed E-state index contributed by atoms with van der Waals surface area (Å²) in [5, 5.41) is 4.74. The van der Waals surface area contributed by atoms with Gasteiger partial charge in [0.1, 0.15) is 5.52 Å². The molecule has 0 aliphatic carbocycles. The van der Waals surface area contributed by atoms with Crippen molar-refractivity contribution in [1.29, 1.82) is 0 Å². The monoisotopic (exact) mass is 307 g/mol. The number of nitrogens with zero attached hydrogens (tertiary/aromatic N) is 4. The van der Waals surface area contributed by atoms with Gasteiger partial charge < -0.3 is 10.6 Å². The second kappa shape index (κ2) is 5.66. The number of aryl methyl sites for hydroxylation is 1. The molecule has 1 saturated heterocycles. The third-order valence-electron chi connectivity index (χ3n) is 4.63. The van der Waals surface area contributed by atoms with Crippen LogP contribution in [0.2, 0.25) is 0 Å². The summed E-state index contributed by atoms with van der Waals surface area (Å²) in [4.78, 5) is 6.93. The van der Waals surface area contributed by atoms with Gasteiger partial charge in [-0.1, -0.05) is 24.3 Å². The zero-order valence-electron chi connectivity index (χ0n) is 13.3. The first-order chi connectivity index (χ1) is 11.2. The average molecular weight is 307 g/mol. The molecular formula is C18H21N5. The van der Waals surface area contributed by atoms with Crippen molar-refractivity contribution in [3.63, 3.8) is 0 Å². The molecule has 0 spiro atoms. The second-order valence-corrected chi connectivity index (χ2v) is 6.25. The Morgan fingerprint density at radius 1 is 1.17 bits per heavy atom. The summed E-state index contributed by atoms with van der Waals surface area (Å²) in [6.45, 7) is 4.03. The minimum Gasteiger partial charge on any atom is -0.355 e.